The highest BCUT2D eigenvalue weighted by atomic mass is 19.1. The first-order chi connectivity index (χ1) is 2.41. The fraction of sp³-hybridized carbons (Fsp3) is 0.667. The molecule has 0 unspecified atom stereocenters. The molecule has 0 rings (SSSR count). The highest BCUT2D eigenvalue weighted by Crippen LogP contribution is 1.63. The van der Waals surface area contributed by atoms with Gasteiger partial charge in [0.15, 0.2) is 0 Å². The summed E-state index contributed by atoms with van der Waals surface area (Å²) in [6.45, 7) is 0.941. The van der Waals surface area contributed by atoms with E-state index in [1.807, 2.05) is 0 Å². The minimum Gasteiger partial charge on any atom is -0.313 e. The average Bonchev–Trinajstić information content (AvgIpc) is 1.41. The first-order valence-corrected chi connectivity index (χ1v) is 1.46. The molecule has 1 N–H and O–H groups in total. The molecule has 31 valence electrons. The van der Waals surface area contributed by atoms with E-state index in [0.717, 1.165) is 0 Å². The molecule has 0 saturated carbocycles. The van der Waals surface area contributed by atoms with Crippen molar-refractivity contribution in [3.05, 3.63) is 6.54 Å². The second-order valence-corrected chi connectivity index (χ2v) is 0.647. The number of hydrogen-bond acceptors (Lipinski definition) is 1. The maximum Gasteiger partial charge on any atom is 0.106 e. The summed E-state index contributed by atoms with van der Waals surface area (Å²) in [5.74, 6) is 0. The van der Waals surface area contributed by atoms with E-state index in [1.54, 1.807) is 7.05 Å². The summed E-state index contributed by atoms with van der Waals surface area (Å²) in [6.07, 6.45) is 0. The van der Waals surface area contributed by atoms with Crippen LogP contribution in [0.3, 0.4) is 0 Å². The van der Waals surface area contributed by atoms with Gasteiger partial charge in [-0.05, 0) is 7.05 Å². The van der Waals surface area contributed by atoms with Gasteiger partial charge in [0.25, 0.3) is 0 Å². The lowest BCUT2D eigenvalue weighted by Gasteiger charge is -1.80. The van der Waals surface area contributed by atoms with Crippen molar-refractivity contribution in [2.24, 2.45) is 0 Å². The molecule has 0 aromatic carbocycles. The van der Waals surface area contributed by atoms with E-state index in [-0.39, 0.29) is 0 Å². The Hall–Kier alpha value is -0.110. The standard InChI is InChI=1S/C3H7FN/c1-5-3-2-4/h3,5H,2H2,1H3. The van der Waals surface area contributed by atoms with Crippen LogP contribution in [0.25, 0.3) is 0 Å². The van der Waals surface area contributed by atoms with Gasteiger partial charge >= 0.3 is 0 Å². The second kappa shape index (κ2) is 3.89. The summed E-state index contributed by atoms with van der Waals surface area (Å²) < 4.78 is 10.9. The van der Waals surface area contributed by atoms with Crippen LogP contribution < -0.4 is 5.32 Å². The van der Waals surface area contributed by atoms with Crippen LogP contribution in [0.4, 0.5) is 4.39 Å². The van der Waals surface area contributed by atoms with Crippen molar-refractivity contribution in [3.63, 3.8) is 0 Å². The van der Waals surface area contributed by atoms with Crippen LogP contribution in [0, 0.1) is 6.54 Å². The van der Waals surface area contributed by atoms with E-state index in [0.29, 0.717) is 0 Å². The Bertz CT molecular complexity index is 14.4. The highest BCUT2D eigenvalue weighted by Gasteiger charge is 1.69. The van der Waals surface area contributed by atoms with Gasteiger partial charge in [-0.25, -0.2) is 4.39 Å². The van der Waals surface area contributed by atoms with E-state index in [2.05, 4.69) is 5.32 Å². The molecule has 0 aromatic rings. The molecule has 1 nitrogen and oxygen atoms in total. The smallest absolute Gasteiger partial charge is 0.106 e. The van der Waals surface area contributed by atoms with E-state index in [9.17, 15) is 4.39 Å². The Morgan fingerprint density at radius 2 is 2.60 bits per heavy atom. The molecule has 0 aliphatic rings. The minimum absolute atomic E-state index is 0.392. The molecule has 2 heteroatoms. The Labute approximate surface area is 31.2 Å². The van der Waals surface area contributed by atoms with Crippen molar-refractivity contribution in [1.29, 1.82) is 0 Å². The number of nitrogens with one attached hydrogen (secondary N) is 1. The largest absolute Gasteiger partial charge is 0.313 e. The highest BCUT2D eigenvalue weighted by molar-refractivity contribution is 4.50. The van der Waals surface area contributed by atoms with Gasteiger partial charge in [0, 0.05) is 0 Å². The molecule has 0 spiro atoms. The molecule has 0 amide bonds. The van der Waals surface area contributed by atoms with E-state index in [4.69, 9.17) is 0 Å². The normalized spacial score (nSPS) is 8.40. The minimum atomic E-state index is -0.392. The number of alkyl halides is 1. The summed E-state index contributed by atoms with van der Waals surface area (Å²) in [5, 5.41) is 2.52. The fourth-order valence-electron chi connectivity index (χ4n) is 0.0772. The van der Waals surface area contributed by atoms with Gasteiger partial charge in [0.1, 0.15) is 6.67 Å². The third-order valence-electron chi connectivity index (χ3n) is 0.281. The summed E-state index contributed by atoms with van der Waals surface area (Å²) in [7, 11) is 1.67. The van der Waals surface area contributed by atoms with Crippen molar-refractivity contribution in [2.45, 2.75) is 0 Å². The van der Waals surface area contributed by atoms with Gasteiger partial charge in [-0.1, -0.05) is 0 Å². The lowest BCUT2D eigenvalue weighted by molar-refractivity contribution is 0.521. The molecular formula is C3H7FN. The van der Waals surface area contributed by atoms with Crippen LogP contribution in [0.5, 0.6) is 0 Å². The molecule has 5 heavy (non-hydrogen) atoms. The first kappa shape index (κ1) is 4.89. The van der Waals surface area contributed by atoms with Gasteiger partial charge in [-0.3, -0.25) is 0 Å². The topological polar surface area (TPSA) is 12.0 Å². The van der Waals surface area contributed by atoms with Crippen molar-refractivity contribution < 1.29 is 4.39 Å². The summed E-state index contributed by atoms with van der Waals surface area (Å²) in [5.41, 5.74) is 0. The zero-order valence-corrected chi connectivity index (χ0v) is 3.16. The van der Waals surface area contributed by atoms with E-state index < -0.39 is 6.67 Å². The van der Waals surface area contributed by atoms with Crippen LogP contribution in [0.2, 0.25) is 0 Å². The SMILES string of the molecule is CN[CH]CF. The third-order valence-corrected chi connectivity index (χ3v) is 0.281. The molecule has 0 fully saturated rings. The quantitative estimate of drug-likeness (QED) is 0.500. The molecule has 0 aromatic heterocycles. The molecular weight excluding hydrogens is 69.0 g/mol. The second-order valence-electron chi connectivity index (χ2n) is 0.647. The van der Waals surface area contributed by atoms with Gasteiger partial charge in [0.2, 0.25) is 0 Å². The van der Waals surface area contributed by atoms with Crippen LogP contribution in [-0.2, 0) is 0 Å². The maximum absolute atomic E-state index is 10.9. The Balaban J connectivity index is 2.19. The summed E-state index contributed by atoms with van der Waals surface area (Å²) in [6, 6.07) is 0. The molecule has 0 aliphatic heterocycles. The van der Waals surface area contributed by atoms with Gasteiger partial charge in [0.05, 0.1) is 6.54 Å². The number of hydrogen-bond donors (Lipinski definition) is 1. The van der Waals surface area contributed by atoms with Gasteiger partial charge in [-0.15, -0.1) is 0 Å². The van der Waals surface area contributed by atoms with Crippen LogP contribution >= 0.6 is 0 Å². The van der Waals surface area contributed by atoms with E-state index >= 15 is 0 Å². The predicted octanol–water partition coefficient (Wildman–Crippen LogP) is 0.337. The third kappa shape index (κ3) is 3.89. The monoisotopic (exact) mass is 76.1 g/mol. The van der Waals surface area contributed by atoms with Gasteiger partial charge < -0.3 is 5.32 Å². The summed E-state index contributed by atoms with van der Waals surface area (Å²) >= 11 is 0. The van der Waals surface area contributed by atoms with Crippen LogP contribution in [0.1, 0.15) is 0 Å². The molecule has 0 atom stereocenters. The zero-order chi connectivity index (χ0) is 4.12. The van der Waals surface area contributed by atoms with Crippen LogP contribution in [-0.4, -0.2) is 13.7 Å². The predicted molar refractivity (Wildman–Crippen MR) is 19.3 cm³/mol. The number of halogens is 1. The summed E-state index contributed by atoms with van der Waals surface area (Å²) in [4.78, 5) is 0. The number of rotatable bonds is 2. The zero-order valence-electron chi connectivity index (χ0n) is 3.16. The Kier molecular flexibility index (Phi) is 3.80. The molecule has 0 heterocycles. The van der Waals surface area contributed by atoms with Crippen LogP contribution in [0.15, 0.2) is 0 Å². The Morgan fingerprint density at radius 1 is 2.00 bits per heavy atom. The van der Waals surface area contributed by atoms with E-state index in [1.165, 1.54) is 6.54 Å². The van der Waals surface area contributed by atoms with Crippen molar-refractivity contribution in [1.82, 2.24) is 5.32 Å². The fourth-order valence-corrected chi connectivity index (χ4v) is 0.0772. The van der Waals surface area contributed by atoms with Crippen molar-refractivity contribution >= 4 is 0 Å². The lowest BCUT2D eigenvalue weighted by atomic mass is 10.7. The maximum atomic E-state index is 10.9. The molecule has 1 radical (unpaired) electrons. The lowest BCUT2D eigenvalue weighted by Crippen LogP contribution is -2.00. The first-order valence-electron chi connectivity index (χ1n) is 1.46. The van der Waals surface area contributed by atoms with Crippen molar-refractivity contribution in [3.8, 4) is 0 Å². The Morgan fingerprint density at radius 3 is 2.60 bits per heavy atom. The molecule has 0 bridgehead atoms. The molecule has 0 aliphatic carbocycles. The van der Waals surface area contributed by atoms with Crippen molar-refractivity contribution in [2.75, 3.05) is 13.7 Å². The average molecular weight is 76.1 g/mol. The van der Waals surface area contributed by atoms with Gasteiger partial charge in [-0.2, -0.15) is 0 Å². The molecule has 0 saturated heterocycles.